The zero-order chi connectivity index (χ0) is 22.8. The molecule has 2 aliphatic rings. The molecule has 2 fully saturated rings. The SMILES string of the molecule is COc1ccccc1N1CCC(NC(=NCC(=O)N(C)C)NCCCN2CCOCC2)C1. The van der Waals surface area contributed by atoms with E-state index in [1.54, 1.807) is 26.1 Å². The van der Waals surface area contributed by atoms with Gasteiger partial charge in [0, 0.05) is 52.9 Å². The molecule has 2 saturated heterocycles. The van der Waals surface area contributed by atoms with Crippen LogP contribution in [-0.2, 0) is 9.53 Å². The fourth-order valence-electron chi connectivity index (χ4n) is 3.96. The molecule has 0 bridgehead atoms. The largest absolute Gasteiger partial charge is 0.495 e. The molecule has 0 aliphatic carbocycles. The molecule has 3 rings (SSSR count). The predicted octanol–water partition coefficient (Wildman–Crippen LogP) is 0.620. The van der Waals surface area contributed by atoms with Crippen LogP contribution in [0.15, 0.2) is 29.3 Å². The minimum absolute atomic E-state index is 0.0125. The monoisotopic (exact) mass is 446 g/mol. The van der Waals surface area contributed by atoms with Crippen molar-refractivity contribution >= 4 is 17.6 Å². The summed E-state index contributed by atoms with van der Waals surface area (Å²) in [7, 11) is 5.21. The van der Waals surface area contributed by atoms with E-state index in [1.165, 1.54) is 0 Å². The number of ether oxygens (including phenoxy) is 2. The molecule has 0 aromatic heterocycles. The zero-order valence-corrected chi connectivity index (χ0v) is 19.7. The fourth-order valence-corrected chi connectivity index (χ4v) is 3.96. The summed E-state index contributed by atoms with van der Waals surface area (Å²) in [6.07, 6.45) is 2.01. The van der Waals surface area contributed by atoms with E-state index in [4.69, 9.17) is 9.47 Å². The van der Waals surface area contributed by atoms with Gasteiger partial charge in [-0.1, -0.05) is 12.1 Å². The van der Waals surface area contributed by atoms with Crippen molar-refractivity contribution in [1.29, 1.82) is 0 Å². The van der Waals surface area contributed by atoms with Crippen LogP contribution in [-0.4, -0.2) is 108 Å². The van der Waals surface area contributed by atoms with Crippen molar-refractivity contribution in [2.45, 2.75) is 18.9 Å². The van der Waals surface area contributed by atoms with Crippen LogP contribution in [0, 0.1) is 0 Å². The topological polar surface area (TPSA) is 81.7 Å². The number of amides is 1. The van der Waals surface area contributed by atoms with E-state index in [1.807, 2.05) is 18.2 Å². The molecule has 0 spiro atoms. The van der Waals surface area contributed by atoms with Gasteiger partial charge in [0.15, 0.2) is 5.96 Å². The molecule has 0 saturated carbocycles. The van der Waals surface area contributed by atoms with Gasteiger partial charge in [-0.05, 0) is 31.5 Å². The van der Waals surface area contributed by atoms with Crippen molar-refractivity contribution < 1.29 is 14.3 Å². The molecule has 1 amide bonds. The van der Waals surface area contributed by atoms with E-state index in [0.717, 1.165) is 76.8 Å². The number of nitrogens with zero attached hydrogens (tertiary/aromatic N) is 4. The van der Waals surface area contributed by atoms with E-state index in [2.05, 4.69) is 31.5 Å². The molecule has 178 valence electrons. The van der Waals surface area contributed by atoms with Crippen LogP contribution in [0.1, 0.15) is 12.8 Å². The van der Waals surface area contributed by atoms with Gasteiger partial charge in [0.25, 0.3) is 0 Å². The number of hydrogen-bond donors (Lipinski definition) is 2. The average molecular weight is 447 g/mol. The number of carbonyl (C=O) groups is 1. The smallest absolute Gasteiger partial charge is 0.243 e. The van der Waals surface area contributed by atoms with E-state index in [0.29, 0.717) is 5.96 Å². The molecule has 32 heavy (non-hydrogen) atoms. The minimum Gasteiger partial charge on any atom is -0.495 e. The number of carbonyl (C=O) groups excluding carboxylic acids is 1. The van der Waals surface area contributed by atoms with E-state index in [9.17, 15) is 4.79 Å². The van der Waals surface area contributed by atoms with Crippen LogP contribution in [0.4, 0.5) is 5.69 Å². The number of likely N-dealkylation sites (N-methyl/N-ethyl adjacent to an activating group) is 1. The van der Waals surface area contributed by atoms with Crippen LogP contribution >= 0.6 is 0 Å². The number of hydrogen-bond acceptors (Lipinski definition) is 6. The number of aliphatic imine (C=N–C) groups is 1. The molecular formula is C23H38N6O3. The van der Waals surface area contributed by atoms with Gasteiger partial charge < -0.3 is 29.9 Å². The summed E-state index contributed by atoms with van der Waals surface area (Å²) >= 11 is 0. The quantitative estimate of drug-likeness (QED) is 0.327. The first-order valence-corrected chi connectivity index (χ1v) is 11.5. The van der Waals surface area contributed by atoms with Crippen LogP contribution in [0.5, 0.6) is 5.75 Å². The second-order valence-corrected chi connectivity index (χ2v) is 8.44. The van der Waals surface area contributed by atoms with Crippen LogP contribution in [0.2, 0.25) is 0 Å². The molecule has 2 aliphatic heterocycles. The Morgan fingerprint density at radius 1 is 1.25 bits per heavy atom. The summed E-state index contributed by atoms with van der Waals surface area (Å²) in [5.41, 5.74) is 1.11. The van der Waals surface area contributed by atoms with Gasteiger partial charge in [-0.15, -0.1) is 0 Å². The lowest BCUT2D eigenvalue weighted by Gasteiger charge is -2.26. The second-order valence-electron chi connectivity index (χ2n) is 8.44. The van der Waals surface area contributed by atoms with Crippen molar-refractivity contribution in [3.05, 3.63) is 24.3 Å². The van der Waals surface area contributed by atoms with Gasteiger partial charge in [0.1, 0.15) is 12.3 Å². The van der Waals surface area contributed by atoms with Crippen molar-refractivity contribution in [2.75, 3.05) is 85.1 Å². The molecule has 9 nitrogen and oxygen atoms in total. The number of guanidine groups is 1. The van der Waals surface area contributed by atoms with Gasteiger partial charge in [-0.2, -0.15) is 0 Å². The van der Waals surface area contributed by atoms with Crippen LogP contribution < -0.4 is 20.3 Å². The third-order valence-electron chi connectivity index (χ3n) is 5.87. The van der Waals surface area contributed by atoms with Crippen molar-refractivity contribution in [3.63, 3.8) is 0 Å². The third-order valence-corrected chi connectivity index (χ3v) is 5.87. The average Bonchev–Trinajstić information content (AvgIpc) is 3.28. The number of methoxy groups -OCH3 is 1. The molecule has 2 N–H and O–H groups in total. The van der Waals surface area contributed by atoms with E-state index >= 15 is 0 Å². The summed E-state index contributed by atoms with van der Waals surface area (Å²) in [6.45, 7) is 7.41. The summed E-state index contributed by atoms with van der Waals surface area (Å²) in [6, 6.07) is 8.36. The Labute approximate surface area is 191 Å². The molecule has 1 atom stereocenters. The lowest BCUT2D eigenvalue weighted by Crippen LogP contribution is -2.46. The highest BCUT2D eigenvalue weighted by Gasteiger charge is 2.25. The Morgan fingerprint density at radius 3 is 2.78 bits per heavy atom. The molecule has 1 unspecified atom stereocenters. The Kier molecular flexibility index (Phi) is 9.43. The highest BCUT2D eigenvalue weighted by molar-refractivity contribution is 5.85. The summed E-state index contributed by atoms with van der Waals surface area (Å²) in [5.74, 6) is 1.58. The fraction of sp³-hybridized carbons (Fsp3) is 0.652. The lowest BCUT2D eigenvalue weighted by atomic mass is 10.2. The van der Waals surface area contributed by atoms with Gasteiger partial charge in [-0.3, -0.25) is 9.69 Å². The number of nitrogens with one attached hydrogen (secondary N) is 2. The Hall–Kier alpha value is -2.52. The van der Waals surface area contributed by atoms with Crippen LogP contribution in [0.25, 0.3) is 0 Å². The summed E-state index contributed by atoms with van der Waals surface area (Å²) in [4.78, 5) is 22.9. The van der Waals surface area contributed by atoms with Crippen LogP contribution in [0.3, 0.4) is 0 Å². The van der Waals surface area contributed by atoms with Gasteiger partial charge >= 0.3 is 0 Å². The van der Waals surface area contributed by atoms with Gasteiger partial charge in [0.05, 0.1) is 26.0 Å². The standard InChI is InChI=1S/C23H38N6O3/c1-27(2)22(30)17-25-23(24-10-6-11-28-13-15-32-16-14-28)26-19-9-12-29(18-19)20-7-4-5-8-21(20)31-3/h4-5,7-8,19H,6,9-18H2,1-3H3,(H2,24,25,26). The molecule has 9 heteroatoms. The maximum atomic E-state index is 12.1. The highest BCUT2D eigenvalue weighted by Crippen LogP contribution is 2.30. The molecule has 1 aromatic rings. The highest BCUT2D eigenvalue weighted by atomic mass is 16.5. The van der Waals surface area contributed by atoms with E-state index < -0.39 is 0 Å². The summed E-state index contributed by atoms with van der Waals surface area (Å²) in [5, 5.41) is 6.96. The minimum atomic E-state index is -0.0125. The Morgan fingerprint density at radius 2 is 2.03 bits per heavy atom. The molecule has 0 radical (unpaired) electrons. The zero-order valence-electron chi connectivity index (χ0n) is 19.7. The van der Waals surface area contributed by atoms with Crippen molar-refractivity contribution in [1.82, 2.24) is 20.4 Å². The van der Waals surface area contributed by atoms with Crippen molar-refractivity contribution in [2.24, 2.45) is 4.99 Å². The Balaban J connectivity index is 1.53. The maximum absolute atomic E-state index is 12.1. The third kappa shape index (κ3) is 7.27. The number of anilines is 1. The maximum Gasteiger partial charge on any atom is 0.243 e. The summed E-state index contributed by atoms with van der Waals surface area (Å²) < 4.78 is 10.9. The number of para-hydroxylation sites is 2. The normalized spacial score (nSPS) is 19.7. The van der Waals surface area contributed by atoms with Crippen molar-refractivity contribution in [3.8, 4) is 5.75 Å². The van der Waals surface area contributed by atoms with E-state index in [-0.39, 0.29) is 18.5 Å². The first-order chi connectivity index (χ1) is 15.6. The predicted molar refractivity (Wildman–Crippen MR) is 128 cm³/mol. The Bertz CT molecular complexity index is 751. The van der Waals surface area contributed by atoms with Gasteiger partial charge in [0.2, 0.25) is 5.91 Å². The molecular weight excluding hydrogens is 408 g/mol. The first kappa shape index (κ1) is 24.1. The second kappa shape index (κ2) is 12.5. The lowest BCUT2D eigenvalue weighted by molar-refractivity contribution is -0.127. The first-order valence-electron chi connectivity index (χ1n) is 11.5. The molecule has 1 aromatic carbocycles. The number of rotatable bonds is 9. The number of morpholine rings is 1. The molecule has 2 heterocycles. The number of benzene rings is 1. The van der Waals surface area contributed by atoms with Gasteiger partial charge in [-0.25, -0.2) is 4.99 Å².